The molecule has 0 radical (unpaired) electrons. The van der Waals surface area contributed by atoms with Crippen molar-refractivity contribution >= 4 is 34.1 Å². The van der Waals surface area contributed by atoms with Gasteiger partial charge in [-0.05, 0) is 24.3 Å². The van der Waals surface area contributed by atoms with Crippen LogP contribution in [0.4, 0.5) is 11.6 Å². The van der Waals surface area contributed by atoms with E-state index in [4.69, 9.17) is 11.6 Å². The first-order valence-corrected chi connectivity index (χ1v) is 6.12. The standard InChI is InChI=1S/C14H10ClN3O/c15-10-6-2-4-8-12(10)17-14-16-11-7-3-1-5-9(11)13(19)18-14/h1-8H,(H2,16,17,18,19). The number of rotatable bonds is 2. The maximum atomic E-state index is 11.9. The minimum Gasteiger partial charge on any atom is -0.324 e. The summed E-state index contributed by atoms with van der Waals surface area (Å²) in [6, 6.07) is 14.5. The molecular weight excluding hydrogens is 262 g/mol. The number of aromatic amines is 1. The van der Waals surface area contributed by atoms with Gasteiger partial charge in [-0.2, -0.15) is 0 Å². The Morgan fingerprint density at radius 2 is 1.79 bits per heavy atom. The number of nitrogens with one attached hydrogen (secondary N) is 2. The summed E-state index contributed by atoms with van der Waals surface area (Å²) in [5.74, 6) is 0.372. The number of halogens is 1. The molecule has 0 fully saturated rings. The van der Waals surface area contributed by atoms with E-state index in [0.717, 1.165) is 0 Å². The molecule has 0 amide bonds. The quantitative estimate of drug-likeness (QED) is 0.752. The minimum absolute atomic E-state index is 0.180. The summed E-state index contributed by atoms with van der Waals surface area (Å²) in [6.45, 7) is 0. The van der Waals surface area contributed by atoms with Gasteiger partial charge in [0.15, 0.2) is 0 Å². The zero-order valence-corrected chi connectivity index (χ0v) is 10.6. The molecular formula is C14H10ClN3O. The molecule has 1 aromatic heterocycles. The first kappa shape index (κ1) is 11.7. The van der Waals surface area contributed by atoms with Crippen LogP contribution in [-0.2, 0) is 0 Å². The number of anilines is 2. The first-order valence-electron chi connectivity index (χ1n) is 5.75. The molecule has 3 aromatic rings. The van der Waals surface area contributed by atoms with Gasteiger partial charge in [-0.3, -0.25) is 9.78 Å². The summed E-state index contributed by atoms with van der Waals surface area (Å²) >= 11 is 6.05. The number of benzene rings is 2. The lowest BCUT2D eigenvalue weighted by atomic mass is 10.2. The summed E-state index contributed by atoms with van der Waals surface area (Å²) in [4.78, 5) is 18.9. The van der Waals surface area contributed by atoms with Gasteiger partial charge in [0.25, 0.3) is 5.56 Å². The highest BCUT2D eigenvalue weighted by Gasteiger charge is 2.04. The molecule has 0 atom stereocenters. The Balaban J connectivity index is 2.07. The predicted molar refractivity (Wildman–Crippen MR) is 77.1 cm³/mol. The molecule has 0 aliphatic carbocycles. The zero-order chi connectivity index (χ0) is 13.2. The monoisotopic (exact) mass is 271 g/mol. The van der Waals surface area contributed by atoms with Gasteiger partial charge in [0.1, 0.15) is 0 Å². The molecule has 1 heterocycles. The van der Waals surface area contributed by atoms with Crippen molar-refractivity contribution in [3.8, 4) is 0 Å². The molecule has 19 heavy (non-hydrogen) atoms. The number of H-pyrrole nitrogens is 1. The van der Waals surface area contributed by atoms with Crippen molar-refractivity contribution in [2.45, 2.75) is 0 Å². The van der Waals surface area contributed by atoms with E-state index in [0.29, 0.717) is 27.6 Å². The first-order chi connectivity index (χ1) is 9.24. The van der Waals surface area contributed by atoms with Crippen LogP contribution in [0.15, 0.2) is 53.3 Å². The van der Waals surface area contributed by atoms with Gasteiger partial charge < -0.3 is 5.32 Å². The normalized spacial score (nSPS) is 10.6. The van der Waals surface area contributed by atoms with Crippen molar-refractivity contribution in [2.24, 2.45) is 0 Å². The van der Waals surface area contributed by atoms with Gasteiger partial charge in [0.05, 0.1) is 21.6 Å². The van der Waals surface area contributed by atoms with E-state index in [9.17, 15) is 4.79 Å². The summed E-state index contributed by atoms with van der Waals surface area (Å²) < 4.78 is 0. The van der Waals surface area contributed by atoms with Crippen LogP contribution in [0.5, 0.6) is 0 Å². The highest BCUT2D eigenvalue weighted by atomic mass is 35.5. The van der Waals surface area contributed by atoms with Crippen LogP contribution in [0.2, 0.25) is 5.02 Å². The molecule has 0 unspecified atom stereocenters. The Morgan fingerprint density at radius 3 is 2.63 bits per heavy atom. The zero-order valence-electron chi connectivity index (χ0n) is 9.85. The second-order valence-corrected chi connectivity index (χ2v) is 4.44. The Morgan fingerprint density at radius 1 is 1.05 bits per heavy atom. The van der Waals surface area contributed by atoms with Gasteiger partial charge in [-0.15, -0.1) is 0 Å². The molecule has 0 saturated heterocycles. The topological polar surface area (TPSA) is 57.8 Å². The maximum Gasteiger partial charge on any atom is 0.260 e. The van der Waals surface area contributed by atoms with E-state index in [2.05, 4.69) is 15.3 Å². The van der Waals surface area contributed by atoms with Crippen molar-refractivity contribution < 1.29 is 0 Å². The van der Waals surface area contributed by atoms with E-state index >= 15 is 0 Å². The SMILES string of the molecule is O=c1[nH]c(Nc2ccccc2Cl)nc2ccccc12. The maximum absolute atomic E-state index is 11.9. The van der Waals surface area contributed by atoms with Crippen LogP contribution >= 0.6 is 11.6 Å². The van der Waals surface area contributed by atoms with Crippen LogP contribution in [0.25, 0.3) is 10.9 Å². The van der Waals surface area contributed by atoms with Gasteiger partial charge in [-0.25, -0.2) is 4.98 Å². The molecule has 3 rings (SSSR count). The van der Waals surface area contributed by atoms with E-state index in [1.54, 1.807) is 24.3 Å². The average molecular weight is 272 g/mol. The van der Waals surface area contributed by atoms with Gasteiger partial charge in [0, 0.05) is 0 Å². The molecule has 0 bridgehead atoms. The molecule has 0 aliphatic heterocycles. The van der Waals surface area contributed by atoms with Crippen molar-refractivity contribution in [2.75, 3.05) is 5.32 Å². The summed E-state index contributed by atoms with van der Waals surface area (Å²) in [5, 5.41) is 4.14. The van der Waals surface area contributed by atoms with Crippen LogP contribution in [0.1, 0.15) is 0 Å². The predicted octanol–water partition coefficient (Wildman–Crippen LogP) is 3.32. The number of hydrogen-bond acceptors (Lipinski definition) is 3. The number of nitrogens with zero attached hydrogens (tertiary/aromatic N) is 1. The van der Waals surface area contributed by atoms with Crippen LogP contribution in [0, 0.1) is 0 Å². The molecule has 0 saturated carbocycles. The number of aromatic nitrogens is 2. The van der Waals surface area contributed by atoms with Gasteiger partial charge >= 0.3 is 0 Å². The molecule has 0 spiro atoms. The van der Waals surface area contributed by atoms with Crippen LogP contribution < -0.4 is 10.9 Å². The highest BCUT2D eigenvalue weighted by molar-refractivity contribution is 6.33. The van der Waals surface area contributed by atoms with Gasteiger partial charge in [-0.1, -0.05) is 35.9 Å². The Kier molecular flexibility index (Phi) is 2.93. The summed E-state index contributed by atoms with van der Waals surface area (Å²) in [7, 11) is 0. The van der Waals surface area contributed by atoms with Crippen molar-refractivity contribution in [1.82, 2.24) is 9.97 Å². The Labute approximate surface area is 114 Å². The van der Waals surface area contributed by atoms with Crippen LogP contribution in [-0.4, -0.2) is 9.97 Å². The Hall–Kier alpha value is -2.33. The van der Waals surface area contributed by atoms with Gasteiger partial charge in [0.2, 0.25) is 5.95 Å². The lowest BCUT2D eigenvalue weighted by molar-refractivity contribution is 1.17. The lowest BCUT2D eigenvalue weighted by Crippen LogP contribution is -2.11. The largest absolute Gasteiger partial charge is 0.324 e. The molecule has 2 N–H and O–H groups in total. The summed E-state index contributed by atoms with van der Waals surface area (Å²) in [5.41, 5.74) is 1.16. The van der Waals surface area contributed by atoms with E-state index in [1.165, 1.54) is 0 Å². The van der Waals surface area contributed by atoms with E-state index in [-0.39, 0.29) is 5.56 Å². The lowest BCUT2D eigenvalue weighted by Gasteiger charge is -2.07. The van der Waals surface area contributed by atoms with Crippen molar-refractivity contribution in [3.63, 3.8) is 0 Å². The third kappa shape index (κ3) is 2.30. The van der Waals surface area contributed by atoms with Crippen molar-refractivity contribution in [1.29, 1.82) is 0 Å². The van der Waals surface area contributed by atoms with E-state index < -0.39 is 0 Å². The smallest absolute Gasteiger partial charge is 0.260 e. The number of fused-ring (bicyclic) bond motifs is 1. The molecule has 0 aliphatic rings. The average Bonchev–Trinajstić information content (AvgIpc) is 2.42. The van der Waals surface area contributed by atoms with Crippen LogP contribution in [0.3, 0.4) is 0 Å². The molecule has 4 nitrogen and oxygen atoms in total. The third-order valence-corrected chi connectivity index (χ3v) is 3.07. The molecule has 2 aromatic carbocycles. The number of hydrogen-bond donors (Lipinski definition) is 2. The second kappa shape index (κ2) is 4.74. The fourth-order valence-corrected chi connectivity index (χ4v) is 2.02. The highest BCUT2D eigenvalue weighted by Crippen LogP contribution is 2.23. The van der Waals surface area contributed by atoms with Crippen molar-refractivity contribution in [3.05, 3.63) is 63.9 Å². The van der Waals surface area contributed by atoms with E-state index in [1.807, 2.05) is 24.3 Å². The third-order valence-electron chi connectivity index (χ3n) is 2.74. The second-order valence-electron chi connectivity index (χ2n) is 4.04. The Bertz CT molecular complexity index is 798. The summed E-state index contributed by atoms with van der Waals surface area (Å²) in [6.07, 6.45) is 0. The molecule has 94 valence electrons. The molecule has 5 heteroatoms. The fourth-order valence-electron chi connectivity index (χ4n) is 1.84. The number of para-hydroxylation sites is 2. The fraction of sp³-hybridized carbons (Fsp3) is 0. The minimum atomic E-state index is -0.180.